The summed E-state index contributed by atoms with van der Waals surface area (Å²) in [6, 6.07) is 12.9. The van der Waals surface area contributed by atoms with Crippen LogP contribution in [0.2, 0.25) is 0 Å². The summed E-state index contributed by atoms with van der Waals surface area (Å²) in [6.45, 7) is 1.77. The van der Waals surface area contributed by atoms with Crippen molar-refractivity contribution < 1.29 is 9.53 Å². The number of hydrogen-bond acceptors (Lipinski definition) is 5. The number of amides is 2. The topological polar surface area (TPSA) is 92.8 Å². The molecule has 7 heteroatoms. The number of guanidine groups is 1. The predicted molar refractivity (Wildman–Crippen MR) is 91.5 cm³/mol. The van der Waals surface area contributed by atoms with Gasteiger partial charge in [0.1, 0.15) is 5.75 Å². The van der Waals surface area contributed by atoms with Crippen LogP contribution in [0, 0.1) is 0 Å². The Hall–Kier alpha value is -3.09. The van der Waals surface area contributed by atoms with E-state index in [9.17, 15) is 4.79 Å². The lowest BCUT2D eigenvalue weighted by atomic mass is 10.1. The van der Waals surface area contributed by atoms with Crippen molar-refractivity contribution in [1.82, 2.24) is 15.2 Å². The number of methoxy groups -OCH3 is 1. The third-order valence-corrected chi connectivity index (χ3v) is 3.95. The summed E-state index contributed by atoms with van der Waals surface area (Å²) in [7, 11) is 3.18. The van der Waals surface area contributed by atoms with Gasteiger partial charge in [-0.15, -0.1) is 0 Å². The van der Waals surface area contributed by atoms with E-state index in [1.165, 1.54) is 4.90 Å². The Morgan fingerprint density at radius 1 is 1.25 bits per heavy atom. The van der Waals surface area contributed by atoms with Gasteiger partial charge in [-0.25, -0.2) is 14.8 Å². The van der Waals surface area contributed by atoms with Crippen molar-refractivity contribution in [1.29, 1.82) is 0 Å². The van der Waals surface area contributed by atoms with Crippen LogP contribution in [0.1, 0.15) is 12.6 Å². The van der Waals surface area contributed by atoms with Crippen LogP contribution in [0.25, 0.3) is 11.3 Å². The molecule has 0 bridgehead atoms. The number of nitrogens with two attached hydrogens (primary N) is 1. The molecule has 0 spiro atoms. The number of aliphatic imine (C=N–C) groups is 1. The molecule has 0 radical (unpaired) electrons. The van der Waals surface area contributed by atoms with Crippen LogP contribution in [-0.4, -0.2) is 36.0 Å². The molecule has 1 aliphatic heterocycles. The molecular weight excluding hydrogens is 306 g/mol. The number of carbonyl (C=O) groups is 1. The van der Waals surface area contributed by atoms with Gasteiger partial charge in [0.25, 0.3) is 0 Å². The zero-order valence-electron chi connectivity index (χ0n) is 13.8. The Balaban J connectivity index is 2.03. The van der Waals surface area contributed by atoms with Gasteiger partial charge in [-0.3, -0.25) is 4.90 Å². The fourth-order valence-electron chi connectivity index (χ4n) is 2.50. The Kier molecular flexibility index (Phi) is 3.84. The van der Waals surface area contributed by atoms with E-state index in [4.69, 9.17) is 10.5 Å². The average molecular weight is 325 g/mol. The van der Waals surface area contributed by atoms with Gasteiger partial charge in [-0.1, -0.05) is 18.2 Å². The third-order valence-electron chi connectivity index (χ3n) is 3.95. The number of rotatable bonds is 3. The van der Waals surface area contributed by atoms with Gasteiger partial charge in [-0.05, 0) is 31.2 Å². The van der Waals surface area contributed by atoms with Crippen molar-refractivity contribution in [2.75, 3.05) is 14.2 Å². The second-order valence-corrected chi connectivity index (χ2v) is 5.67. The first kappa shape index (κ1) is 15.8. The summed E-state index contributed by atoms with van der Waals surface area (Å²) < 4.78 is 5.25. The van der Waals surface area contributed by atoms with Crippen LogP contribution >= 0.6 is 0 Å². The highest BCUT2D eigenvalue weighted by Crippen LogP contribution is 2.27. The van der Waals surface area contributed by atoms with Crippen LogP contribution in [0.4, 0.5) is 4.79 Å². The predicted octanol–water partition coefficient (Wildman–Crippen LogP) is 1.90. The van der Waals surface area contributed by atoms with E-state index < -0.39 is 5.66 Å². The van der Waals surface area contributed by atoms with E-state index in [1.807, 2.05) is 42.5 Å². The quantitative estimate of drug-likeness (QED) is 0.901. The number of carbonyl (C=O) groups excluding carboxylic acids is 1. The first-order valence-electron chi connectivity index (χ1n) is 7.46. The van der Waals surface area contributed by atoms with Crippen molar-refractivity contribution >= 4 is 12.0 Å². The van der Waals surface area contributed by atoms with E-state index in [-0.39, 0.29) is 12.0 Å². The van der Waals surface area contributed by atoms with Crippen LogP contribution in [0.3, 0.4) is 0 Å². The molecule has 2 heterocycles. The number of hydrogen-bond donors (Lipinski definition) is 2. The smallest absolute Gasteiger partial charge is 0.326 e. The molecule has 24 heavy (non-hydrogen) atoms. The molecule has 1 aromatic carbocycles. The third kappa shape index (κ3) is 2.76. The maximum absolute atomic E-state index is 12.0. The lowest BCUT2D eigenvalue weighted by Crippen LogP contribution is -2.57. The minimum atomic E-state index is -1.01. The number of ether oxygens (including phenoxy) is 1. The van der Waals surface area contributed by atoms with Gasteiger partial charge in [0.2, 0.25) is 5.96 Å². The lowest BCUT2D eigenvalue weighted by Gasteiger charge is -2.34. The average Bonchev–Trinajstić information content (AvgIpc) is 2.60. The Morgan fingerprint density at radius 2 is 2.00 bits per heavy atom. The molecule has 3 rings (SSSR count). The van der Waals surface area contributed by atoms with Crippen molar-refractivity contribution in [3.05, 3.63) is 48.2 Å². The fraction of sp³-hybridized carbons (Fsp3) is 0.235. The van der Waals surface area contributed by atoms with Gasteiger partial charge in [-0.2, -0.15) is 0 Å². The Morgan fingerprint density at radius 3 is 2.71 bits per heavy atom. The highest BCUT2D eigenvalue weighted by molar-refractivity contribution is 5.97. The zero-order valence-corrected chi connectivity index (χ0v) is 13.8. The van der Waals surface area contributed by atoms with Crippen molar-refractivity contribution in [3.8, 4) is 17.0 Å². The van der Waals surface area contributed by atoms with Gasteiger partial charge >= 0.3 is 6.03 Å². The molecule has 7 nitrogen and oxygen atoms in total. The summed E-state index contributed by atoms with van der Waals surface area (Å²) in [5.74, 6) is 0.899. The van der Waals surface area contributed by atoms with Crippen molar-refractivity contribution in [2.45, 2.75) is 12.6 Å². The fourth-order valence-corrected chi connectivity index (χ4v) is 2.50. The number of aromatic nitrogens is 1. The molecule has 1 aliphatic rings. The molecule has 0 fully saturated rings. The van der Waals surface area contributed by atoms with Crippen molar-refractivity contribution in [2.24, 2.45) is 10.7 Å². The van der Waals surface area contributed by atoms with Crippen molar-refractivity contribution in [3.63, 3.8) is 0 Å². The maximum Gasteiger partial charge on any atom is 0.326 e. The molecule has 2 aromatic rings. The number of benzene rings is 1. The molecule has 1 atom stereocenters. The SMILES string of the molecule is COc1cccc(-c2cccc([C@@]3(C)N=C(N)N(C)C(=O)N3)n2)c1. The summed E-state index contributed by atoms with van der Waals surface area (Å²) >= 11 is 0. The molecule has 0 saturated carbocycles. The molecule has 124 valence electrons. The van der Waals surface area contributed by atoms with Gasteiger partial charge in [0, 0.05) is 12.6 Å². The highest BCUT2D eigenvalue weighted by Gasteiger charge is 2.36. The van der Waals surface area contributed by atoms with Crippen LogP contribution in [0.5, 0.6) is 5.75 Å². The molecule has 3 N–H and O–H groups in total. The Bertz CT molecular complexity index is 820. The molecular formula is C17H19N5O2. The van der Waals surface area contributed by atoms with E-state index >= 15 is 0 Å². The van der Waals surface area contributed by atoms with Gasteiger partial charge in [0.05, 0.1) is 18.5 Å². The van der Waals surface area contributed by atoms with E-state index in [2.05, 4.69) is 15.3 Å². The van der Waals surface area contributed by atoms with Gasteiger partial charge < -0.3 is 15.8 Å². The first-order valence-corrected chi connectivity index (χ1v) is 7.46. The summed E-state index contributed by atoms with van der Waals surface area (Å²) in [6.07, 6.45) is 0. The lowest BCUT2D eigenvalue weighted by molar-refractivity contribution is 0.205. The van der Waals surface area contributed by atoms with Crippen LogP contribution in [0.15, 0.2) is 47.5 Å². The monoisotopic (exact) mass is 325 g/mol. The summed E-state index contributed by atoms with van der Waals surface area (Å²) in [5, 5.41) is 2.82. The number of pyridine rings is 1. The van der Waals surface area contributed by atoms with E-state index in [0.29, 0.717) is 5.69 Å². The first-order chi connectivity index (χ1) is 11.4. The summed E-state index contributed by atoms with van der Waals surface area (Å²) in [5.41, 5.74) is 7.10. The van der Waals surface area contributed by atoms with E-state index in [1.54, 1.807) is 21.1 Å². The van der Waals surface area contributed by atoms with E-state index in [0.717, 1.165) is 17.0 Å². The second kappa shape index (κ2) is 5.84. The largest absolute Gasteiger partial charge is 0.497 e. The number of nitrogens with one attached hydrogen (secondary N) is 1. The second-order valence-electron chi connectivity index (χ2n) is 5.67. The van der Waals surface area contributed by atoms with Crippen LogP contribution in [-0.2, 0) is 5.66 Å². The number of urea groups is 1. The minimum Gasteiger partial charge on any atom is -0.497 e. The van der Waals surface area contributed by atoms with Crippen LogP contribution < -0.4 is 15.8 Å². The summed E-state index contributed by atoms with van der Waals surface area (Å²) in [4.78, 5) is 22.3. The van der Waals surface area contributed by atoms with Gasteiger partial charge in [0.15, 0.2) is 5.66 Å². The maximum atomic E-state index is 12.0. The molecule has 2 amide bonds. The molecule has 1 aromatic heterocycles. The number of nitrogens with zero attached hydrogens (tertiary/aromatic N) is 3. The molecule has 0 saturated heterocycles. The highest BCUT2D eigenvalue weighted by atomic mass is 16.5. The zero-order chi connectivity index (χ0) is 17.3. The molecule has 0 aliphatic carbocycles. The standard InChI is InChI=1S/C17H19N5O2/c1-17(20-15(18)22(2)16(23)21-17)14-9-5-8-13(19-14)11-6-4-7-12(10-11)24-3/h4-10H,1-3H3,(H2,18,20)(H,21,23)/t17-/m0/s1. The molecule has 0 unspecified atom stereocenters. The Labute approximate surface area is 140 Å². The normalized spacial score (nSPS) is 20.4. The minimum absolute atomic E-state index is 0.148.